The first-order valence-corrected chi connectivity index (χ1v) is 17.4. The Bertz CT molecular complexity index is 1700. The van der Waals surface area contributed by atoms with Gasteiger partial charge >= 0.3 is 47.7 Å². The Labute approximate surface area is 310 Å². The number of rotatable bonds is 20. The van der Waals surface area contributed by atoms with E-state index in [2.05, 4.69) is 6.92 Å². The van der Waals surface area contributed by atoms with Crippen LogP contribution in [0.25, 0.3) is 0 Å². The average Bonchev–Trinajstić information content (AvgIpc) is 3.11. The number of esters is 2. The number of alkyl halides is 13. The van der Waals surface area contributed by atoms with Crippen molar-refractivity contribution >= 4 is 23.7 Å². The Morgan fingerprint density at radius 2 is 0.945 bits per heavy atom. The molecule has 3 rings (SSSR count). The van der Waals surface area contributed by atoms with Crippen LogP contribution in [0, 0.1) is 0 Å². The molecule has 0 saturated heterocycles. The average molecular weight is 825 g/mol. The summed E-state index contributed by atoms with van der Waals surface area (Å²) in [6, 6.07) is 15.9. The van der Waals surface area contributed by atoms with Crippen molar-refractivity contribution < 1.29 is 80.9 Å². The molecule has 0 atom stereocenters. The fraction of sp³-hybridized carbons (Fsp3) is 0.444. The first kappa shape index (κ1) is 45.2. The molecule has 304 valence electrons. The second-order valence-electron chi connectivity index (χ2n) is 12.0. The number of carbonyl (C=O) groups is 2. The highest BCUT2D eigenvalue weighted by Gasteiger charge is 2.90. The number of hydrogen-bond donors (Lipinski definition) is 0. The minimum absolute atomic E-state index is 0.0105. The molecule has 0 spiro atoms. The van der Waals surface area contributed by atoms with Crippen molar-refractivity contribution in [2.75, 3.05) is 12.4 Å². The molecule has 0 saturated carbocycles. The minimum Gasteiger partial charge on any atom is -0.494 e. The van der Waals surface area contributed by atoms with Gasteiger partial charge in [0.25, 0.3) is 0 Å². The molecule has 5 nitrogen and oxygen atoms in total. The van der Waals surface area contributed by atoms with Gasteiger partial charge in [0.1, 0.15) is 17.2 Å². The predicted octanol–water partition coefficient (Wildman–Crippen LogP) is 12.1. The number of halogens is 13. The van der Waals surface area contributed by atoms with E-state index in [1.165, 1.54) is 55.7 Å². The van der Waals surface area contributed by atoms with E-state index in [-0.39, 0.29) is 39.3 Å². The zero-order chi connectivity index (χ0) is 41.3. The van der Waals surface area contributed by atoms with Crippen LogP contribution in [0.5, 0.6) is 17.2 Å². The minimum atomic E-state index is -7.95. The van der Waals surface area contributed by atoms with Crippen LogP contribution < -0.4 is 14.2 Å². The van der Waals surface area contributed by atoms with Gasteiger partial charge in [-0.3, -0.25) is 0 Å². The molecular weight excluding hydrogens is 791 g/mol. The highest BCUT2D eigenvalue weighted by atomic mass is 32.2. The maximum atomic E-state index is 14.0. The monoisotopic (exact) mass is 824 g/mol. The SMILES string of the molecule is CCCCCCCCOc1ccc(C(=O)Oc2ccc(C(=O)Oc3ccc(SCCC(F)(F)C(F)(F)C(F)(F)C(F)(F)C(F)(F)C(F)(F)F)cc3)cc2)cc1. The Hall–Kier alpha value is -4.16. The van der Waals surface area contributed by atoms with Crippen molar-refractivity contribution in [3.63, 3.8) is 0 Å². The fourth-order valence-electron chi connectivity index (χ4n) is 4.61. The van der Waals surface area contributed by atoms with E-state index in [1.54, 1.807) is 12.1 Å². The van der Waals surface area contributed by atoms with Crippen LogP contribution in [-0.2, 0) is 0 Å². The third kappa shape index (κ3) is 10.8. The van der Waals surface area contributed by atoms with Gasteiger partial charge in [0.05, 0.1) is 17.7 Å². The number of benzene rings is 3. The van der Waals surface area contributed by atoms with Gasteiger partial charge in [-0.15, -0.1) is 11.8 Å². The second-order valence-corrected chi connectivity index (χ2v) is 13.2. The lowest BCUT2D eigenvalue weighted by Crippen LogP contribution is -2.70. The van der Waals surface area contributed by atoms with Crippen molar-refractivity contribution in [2.45, 2.75) is 92.6 Å². The summed E-state index contributed by atoms with van der Waals surface area (Å²) < 4.78 is 189. The molecular formula is C36H33F13O5S. The molecule has 0 radical (unpaired) electrons. The third-order valence-electron chi connectivity index (χ3n) is 7.87. The van der Waals surface area contributed by atoms with Gasteiger partial charge in [-0.05, 0) is 79.2 Å². The Balaban J connectivity index is 1.49. The standard InChI is InChI=1S/C36H33F13O5S/c1-2-3-4-5-6-7-21-52-25-12-8-23(9-13-25)29(50)53-26-14-10-24(11-15-26)30(51)54-27-16-18-28(19-17-27)55-22-20-31(37,38)32(39,40)33(41,42)34(43,44)35(45,46)36(47,48)49/h8-19H,2-7,20-22H2,1H3. The molecule has 0 aromatic heterocycles. The highest BCUT2D eigenvalue weighted by molar-refractivity contribution is 7.99. The molecule has 0 aliphatic rings. The molecule has 3 aromatic carbocycles. The number of carbonyl (C=O) groups excluding carboxylic acids is 2. The molecule has 3 aromatic rings. The molecule has 0 aliphatic heterocycles. The van der Waals surface area contributed by atoms with Gasteiger partial charge in [0, 0.05) is 17.1 Å². The van der Waals surface area contributed by atoms with Crippen LogP contribution in [0.1, 0.15) is 72.6 Å². The Kier molecular flexibility index (Phi) is 15.0. The zero-order valence-corrected chi connectivity index (χ0v) is 29.5. The number of ether oxygens (including phenoxy) is 3. The quantitative estimate of drug-likeness (QED) is 0.0372. The van der Waals surface area contributed by atoms with Gasteiger partial charge in [-0.2, -0.15) is 57.1 Å². The van der Waals surface area contributed by atoms with Crippen molar-refractivity contribution in [1.29, 1.82) is 0 Å². The van der Waals surface area contributed by atoms with Crippen LogP contribution >= 0.6 is 11.8 Å². The molecule has 0 aliphatic carbocycles. The summed E-state index contributed by atoms with van der Waals surface area (Å²) in [5.74, 6) is -39.3. The van der Waals surface area contributed by atoms with Gasteiger partial charge < -0.3 is 14.2 Å². The topological polar surface area (TPSA) is 61.8 Å². The first-order valence-electron chi connectivity index (χ1n) is 16.4. The lowest BCUT2D eigenvalue weighted by atomic mass is 9.93. The van der Waals surface area contributed by atoms with Crippen LogP contribution in [0.3, 0.4) is 0 Å². The zero-order valence-electron chi connectivity index (χ0n) is 28.7. The Morgan fingerprint density at radius 1 is 0.527 bits per heavy atom. The summed E-state index contributed by atoms with van der Waals surface area (Å²) in [5.41, 5.74) is 0.228. The van der Waals surface area contributed by atoms with E-state index in [4.69, 9.17) is 14.2 Å². The summed E-state index contributed by atoms with van der Waals surface area (Å²) in [4.78, 5) is 25.1. The molecule has 55 heavy (non-hydrogen) atoms. The first-order chi connectivity index (χ1) is 25.5. The molecule has 0 bridgehead atoms. The molecule has 0 N–H and O–H groups in total. The van der Waals surface area contributed by atoms with Crippen LogP contribution in [0.15, 0.2) is 77.7 Å². The maximum absolute atomic E-state index is 14.0. The molecule has 0 unspecified atom stereocenters. The predicted molar refractivity (Wildman–Crippen MR) is 174 cm³/mol. The lowest BCUT2D eigenvalue weighted by Gasteiger charge is -2.39. The maximum Gasteiger partial charge on any atom is 0.460 e. The van der Waals surface area contributed by atoms with Gasteiger partial charge in [-0.25, -0.2) is 9.59 Å². The number of thioether (sulfide) groups is 1. The summed E-state index contributed by atoms with van der Waals surface area (Å²) >= 11 is 0.265. The van der Waals surface area contributed by atoms with E-state index < -0.39 is 59.9 Å². The number of hydrogen-bond acceptors (Lipinski definition) is 6. The highest BCUT2D eigenvalue weighted by Crippen LogP contribution is 2.60. The van der Waals surface area contributed by atoms with Crippen LogP contribution in [0.2, 0.25) is 0 Å². The van der Waals surface area contributed by atoms with Gasteiger partial charge in [0.2, 0.25) is 0 Å². The van der Waals surface area contributed by atoms with E-state index in [1.807, 2.05) is 0 Å². The smallest absolute Gasteiger partial charge is 0.460 e. The number of unbranched alkanes of at least 4 members (excludes halogenated alkanes) is 5. The van der Waals surface area contributed by atoms with Gasteiger partial charge in [-0.1, -0.05) is 39.0 Å². The normalized spacial score (nSPS) is 13.1. The molecule has 0 heterocycles. The van der Waals surface area contributed by atoms with Crippen molar-refractivity contribution in [3.05, 3.63) is 83.9 Å². The van der Waals surface area contributed by atoms with Crippen LogP contribution in [0.4, 0.5) is 57.1 Å². The summed E-state index contributed by atoms with van der Waals surface area (Å²) in [6.07, 6.45) is -3.14. The van der Waals surface area contributed by atoms with E-state index >= 15 is 0 Å². The summed E-state index contributed by atoms with van der Waals surface area (Å²) in [6.45, 7) is 2.69. The summed E-state index contributed by atoms with van der Waals surface area (Å²) in [7, 11) is 0. The second kappa shape index (κ2) is 18.2. The van der Waals surface area contributed by atoms with Crippen molar-refractivity contribution in [2.24, 2.45) is 0 Å². The fourth-order valence-corrected chi connectivity index (χ4v) is 5.53. The largest absolute Gasteiger partial charge is 0.494 e. The third-order valence-corrected chi connectivity index (χ3v) is 8.89. The molecule has 0 fully saturated rings. The van der Waals surface area contributed by atoms with Crippen molar-refractivity contribution in [1.82, 2.24) is 0 Å². The lowest BCUT2D eigenvalue weighted by molar-refractivity contribution is -0.439. The van der Waals surface area contributed by atoms with Crippen molar-refractivity contribution in [3.8, 4) is 17.2 Å². The van der Waals surface area contributed by atoms with E-state index in [0.29, 0.717) is 12.4 Å². The Morgan fingerprint density at radius 3 is 1.42 bits per heavy atom. The van der Waals surface area contributed by atoms with E-state index in [0.717, 1.165) is 43.5 Å². The van der Waals surface area contributed by atoms with Crippen LogP contribution in [-0.4, -0.2) is 60.1 Å². The van der Waals surface area contributed by atoms with Gasteiger partial charge in [0.15, 0.2) is 0 Å². The summed E-state index contributed by atoms with van der Waals surface area (Å²) in [5, 5.41) is 0. The van der Waals surface area contributed by atoms with E-state index in [9.17, 15) is 66.7 Å². The molecule has 0 amide bonds. The molecule has 19 heteroatoms.